The van der Waals surface area contributed by atoms with Crippen LogP contribution in [0, 0.1) is 0 Å². The number of piperidine rings is 2. The summed E-state index contributed by atoms with van der Waals surface area (Å²) >= 11 is 0. The standard InChI is InChI=1S/C35H63N5O4/c1-2-29(27-41)38(30-25-34(19-11-5-12-20-34)40(44)35(26-30)21-13-6-14-22-35)37-31(42)36-28-23-32(15-7-3-8-16-32)39(43)33(24-28)17-9-4-10-18-33/h28-30,41,43-44H,2-27H2,1H3,(H2,36,37,42). The molecule has 2 aliphatic heterocycles. The number of hydrogen-bond acceptors (Lipinski definition) is 7. The molecule has 0 radical (unpaired) electrons. The second kappa shape index (κ2) is 13.6. The van der Waals surface area contributed by atoms with Gasteiger partial charge in [-0.1, -0.05) is 84.0 Å². The first kappa shape index (κ1) is 33.0. The maximum absolute atomic E-state index is 14.0. The Kier molecular flexibility index (Phi) is 10.2. The highest BCUT2D eigenvalue weighted by atomic mass is 16.5. The van der Waals surface area contributed by atoms with Crippen LogP contribution in [0.5, 0.6) is 0 Å². The van der Waals surface area contributed by atoms with E-state index >= 15 is 0 Å². The smallest absolute Gasteiger partial charge is 0.329 e. The minimum atomic E-state index is -0.253. The van der Waals surface area contributed by atoms with E-state index in [4.69, 9.17) is 0 Å². The molecule has 4 aliphatic carbocycles. The fourth-order valence-corrected chi connectivity index (χ4v) is 11.3. The van der Waals surface area contributed by atoms with Crippen molar-refractivity contribution < 1.29 is 20.3 Å². The highest BCUT2D eigenvalue weighted by molar-refractivity contribution is 5.73. The van der Waals surface area contributed by atoms with Crippen molar-refractivity contribution >= 4 is 6.03 Å². The largest absolute Gasteiger partial charge is 0.395 e. The number of urea groups is 1. The van der Waals surface area contributed by atoms with Crippen LogP contribution in [0.2, 0.25) is 0 Å². The number of aliphatic hydroxyl groups is 1. The van der Waals surface area contributed by atoms with Crippen LogP contribution in [0.4, 0.5) is 4.79 Å². The lowest BCUT2D eigenvalue weighted by Gasteiger charge is -2.61. The Labute approximate surface area is 266 Å². The molecule has 5 N–H and O–H groups in total. The Balaban J connectivity index is 1.23. The van der Waals surface area contributed by atoms with Gasteiger partial charge < -0.3 is 20.8 Å². The Morgan fingerprint density at radius 2 is 1.05 bits per heavy atom. The number of amides is 2. The van der Waals surface area contributed by atoms with Crippen LogP contribution >= 0.6 is 0 Å². The molecule has 252 valence electrons. The number of rotatable bonds is 6. The quantitative estimate of drug-likeness (QED) is 0.209. The van der Waals surface area contributed by atoms with Gasteiger partial charge in [0.2, 0.25) is 0 Å². The number of nitrogens with zero attached hydrogens (tertiary/aromatic N) is 3. The Morgan fingerprint density at radius 1 is 0.682 bits per heavy atom. The first-order chi connectivity index (χ1) is 21.3. The van der Waals surface area contributed by atoms with Crippen LogP contribution in [0.1, 0.15) is 167 Å². The molecule has 2 saturated heterocycles. The molecule has 0 aromatic carbocycles. The molecular formula is C35H63N5O4. The van der Waals surface area contributed by atoms with Crippen LogP contribution in [-0.4, -0.2) is 83.6 Å². The van der Waals surface area contributed by atoms with E-state index in [-0.39, 0.29) is 52.9 Å². The van der Waals surface area contributed by atoms with Gasteiger partial charge in [0.25, 0.3) is 0 Å². The zero-order valence-corrected chi connectivity index (χ0v) is 27.7. The number of aliphatic hydroxyl groups excluding tert-OH is 1. The van der Waals surface area contributed by atoms with Gasteiger partial charge in [0.1, 0.15) is 0 Å². The van der Waals surface area contributed by atoms with E-state index in [0.717, 1.165) is 135 Å². The highest BCUT2D eigenvalue weighted by Gasteiger charge is 2.57. The monoisotopic (exact) mass is 617 g/mol. The summed E-state index contributed by atoms with van der Waals surface area (Å²) in [4.78, 5) is 14.0. The minimum absolute atomic E-state index is 0.00869. The highest BCUT2D eigenvalue weighted by Crippen LogP contribution is 2.52. The van der Waals surface area contributed by atoms with Crippen LogP contribution in [0.15, 0.2) is 0 Å². The molecule has 6 fully saturated rings. The Morgan fingerprint density at radius 3 is 1.39 bits per heavy atom. The van der Waals surface area contributed by atoms with Crippen LogP contribution in [0.3, 0.4) is 0 Å². The van der Waals surface area contributed by atoms with Crippen LogP contribution < -0.4 is 10.7 Å². The summed E-state index contributed by atoms with van der Waals surface area (Å²) in [5.41, 5.74) is 2.35. The lowest BCUT2D eigenvalue weighted by Crippen LogP contribution is -2.71. The van der Waals surface area contributed by atoms with Crippen molar-refractivity contribution in [1.29, 1.82) is 0 Å². The predicted molar refractivity (Wildman–Crippen MR) is 171 cm³/mol. The fraction of sp³-hybridized carbons (Fsp3) is 0.971. The van der Waals surface area contributed by atoms with Gasteiger partial charge >= 0.3 is 6.03 Å². The predicted octanol–water partition coefficient (Wildman–Crippen LogP) is 6.79. The first-order valence-corrected chi connectivity index (χ1v) is 18.7. The molecule has 9 nitrogen and oxygen atoms in total. The van der Waals surface area contributed by atoms with Gasteiger partial charge in [-0.25, -0.2) is 9.80 Å². The Hall–Kier alpha value is -0.970. The Bertz CT molecular complexity index is 895. The molecule has 6 aliphatic rings. The summed E-state index contributed by atoms with van der Waals surface area (Å²) in [6.07, 6.45) is 26.0. The van der Waals surface area contributed by atoms with Crippen LogP contribution in [-0.2, 0) is 0 Å². The van der Waals surface area contributed by atoms with Gasteiger partial charge in [-0.2, -0.15) is 10.1 Å². The second-order valence-electron chi connectivity index (χ2n) is 16.2. The fourth-order valence-electron chi connectivity index (χ4n) is 11.3. The first-order valence-electron chi connectivity index (χ1n) is 18.7. The van der Waals surface area contributed by atoms with Gasteiger partial charge in [0.15, 0.2) is 0 Å². The molecule has 4 saturated carbocycles. The number of carbonyl (C=O) groups excluding carboxylic acids is 1. The number of nitrogens with one attached hydrogen (secondary N) is 2. The minimum Gasteiger partial charge on any atom is -0.395 e. The zero-order valence-electron chi connectivity index (χ0n) is 27.7. The molecule has 44 heavy (non-hydrogen) atoms. The summed E-state index contributed by atoms with van der Waals surface area (Å²) in [7, 11) is 0. The van der Waals surface area contributed by atoms with E-state index in [1.54, 1.807) is 0 Å². The van der Waals surface area contributed by atoms with Crippen molar-refractivity contribution in [1.82, 2.24) is 25.9 Å². The van der Waals surface area contributed by atoms with E-state index in [2.05, 4.69) is 22.7 Å². The van der Waals surface area contributed by atoms with Crippen LogP contribution in [0.25, 0.3) is 0 Å². The third-order valence-corrected chi connectivity index (χ3v) is 13.5. The van der Waals surface area contributed by atoms with E-state index in [0.29, 0.717) is 0 Å². The van der Waals surface area contributed by atoms with Crippen molar-refractivity contribution in [3.63, 3.8) is 0 Å². The summed E-state index contributed by atoms with van der Waals surface area (Å²) in [6, 6.07) is -0.275. The molecular weight excluding hydrogens is 554 g/mol. The topological polar surface area (TPSA) is 112 Å². The number of hydrogen-bond donors (Lipinski definition) is 5. The average molecular weight is 618 g/mol. The van der Waals surface area contributed by atoms with Crippen molar-refractivity contribution in [2.45, 2.75) is 208 Å². The molecule has 1 atom stereocenters. The van der Waals surface area contributed by atoms with E-state index < -0.39 is 0 Å². The van der Waals surface area contributed by atoms with Crippen molar-refractivity contribution in [2.24, 2.45) is 0 Å². The number of hydrazine groups is 1. The molecule has 0 bridgehead atoms. The third kappa shape index (κ3) is 6.19. The lowest BCUT2D eigenvalue weighted by molar-refractivity contribution is -0.289. The summed E-state index contributed by atoms with van der Waals surface area (Å²) < 4.78 is 0. The van der Waals surface area contributed by atoms with Crippen molar-refractivity contribution in [3.05, 3.63) is 0 Å². The van der Waals surface area contributed by atoms with E-state index in [1.807, 2.05) is 10.1 Å². The maximum atomic E-state index is 14.0. The van der Waals surface area contributed by atoms with Gasteiger partial charge in [-0.3, -0.25) is 5.43 Å². The average Bonchev–Trinajstić information content (AvgIpc) is 3.04. The zero-order chi connectivity index (χ0) is 30.8. The van der Waals surface area contributed by atoms with Gasteiger partial charge in [0.05, 0.1) is 12.6 Å². The van der Waals surface area contributed by atoms with Crippen molar-refractivity contribution in [2.75, 3.05) is 6.61 Å². The summed E-state index contributed by atoms with van der Waals surface area (Å²) in [5, 5.41) is 43.5. The van der Waals surface area contributed by atoms with Gasteiger partial charge in [-0.05, 0) is 83.5 Å². The molecule has 0 aromatic rings. The molecule has 9 heteroatoms. The second-order valence-corrected chi connectivity index (χ2v) is 16.2. The lowest BCUT2D eigenvalue weighted by atomic mass is 9.65. The molecule has 2 heterocycles. The van der Waals surface area contributed by atoms with E-state index in [9.17, 15) is 20.3 Å². The van der Waals surface area contributed by atoms with E-state index in [1.165, 1.54) is 25.7 Å². The molecule has 1 unspecified atom stereocenters. The molecule has 0 aromatic heterocycles. The summed E-state index contributed by atoms with van der Waals surface area (Å²) in [5.74, 6) is 0. The normalized spacial score (nSPS) is 32.7. The SMILES string of the molecule is CCC(CO)N(NC(=O)NC1CC2(CCCCC2)N(O)C2(CCCCC2)C1)C1CC2(CCCCC2)N(O)C2(CCCCC2)C1. The molecule has 4 spiro atoms. The molecule has 6 rings (SSSR count). The summed E-state index contributed by atoms with van der Waals surface area (Å²) in [6.45, 7) is 2.09. The van der Waals surface area contributed by atoms with Gasteiger partial charge in [-0.15, -0.1) is 0 Å². The maximum Gasteiger partial charge on any atom is 0.329 e. The number of carbonyl (C=O) groups is 1. The van der Waals surface area contributed by atoms with Crippen molar-refractivity contribution in [3.8, 4) is 0 Å². The molecule has 2 amide bonds. The third-order valence-electron chi connectivity index (χ3n) is 13.5. The number of hydroxylamine groups is 4. The van der Waals surface area contributed by atoms with Gasteiger partial charge in [0, 0.05) is 34.2 Å².